The van der Waals surface area contributed by atoms with E-state index in [1.165, 1.54) is 0 Å². The quantitative estimate of drug-likeness (QED) is 0.812. The highest BCUT2D eigenvalue weighted by Gasteiger charge is 2.19. The number of aromatic nitrogens is 2. The van der Waals surface area contributed by atoms with Crippen molar-refractivity contribution in [2.45, 2.75) is 25.7 Å². The summed E-state index contributed by atoms with van der Waals surface area (Å²) >= 11 is 6.39. The highest BCUT2D eigenvalue weighted by atomic mass is 35.5. The molecule has 106 valence electrons. The third kappa shape index (κ3) is 2.23. The second kappa shape index (κ2) is 5.19. The molecule has 20 heavy (non-hydrogen) atoms. The van der Waals surface area contributed by atoms with Gasteiger partial charge < -0.3 is 4.74 Å². The molecule has 0 aliphatic carbocycles. The zero-order chi connectivity index (χ0) is 14.3. The fraction of sp³-hybridized carbons (Fsp3) is 0.467. The number of aryl methyl sites for hydroxylation is 2. The molecule has 0 bridgehead atoms. The lowest BCUT2D eigenvalue weighted by molar-refractivity contribution is 0.0845. The van der Waals surface area contributed by atoms with Crippen LogP contribution >= 0.6 is 11.6 Å². The Hall–Kier alpha value is -1.39. The molecule has 3 rings (SSSR count). The minimum atomic E-state index is -0.0230. The first-order valence-electron chi connectivity index (χ1n) is 6.82. The first-order valence-corrected chi connectivity index (χ1v) is 7.20. The number of hydrogen-bond donors (Lipinski definition) is 0. The molecular formula is C15H17ClN2O2. The fourth-order valence-corrected chi connectivity index (χ4v) is 3.01. The second-order valence-corrected chi connectivity index (χ2v) is 5.75. The fourth-order valence-electron chi connectivity index (χ4n) is 2.76. The lowest BCUT2D eigenvalue weighted by Crippen LogP contribution is -2.21. The average molecular weight is 293 g/mol. The van der Waals surface area contributed by atoms with Crippen LogP contribution in [0.15, 0.2) is 16.9 Å². The monoisotopic (exact) mass is 292 g/mol. The Morgan fingerprint density at radius 1 is 1.35 bits per heavy atom. The smallest absolute Gasteiger partial charge is 0.254 e. The van der Waals surface area contributed by atoms with E-state index in [4.69, 9.17) is 16.3 Å². The van der Waals surface area contributed by atoms with E-state index in [9.17, 15) is 4.79 Å². The van der Waals surface area contributed by atoms with Crippen molar-refractivity contribution in [3.63, 3.8) is 0 Å². The number of hydrogen-bond acceptors (Lipinski definition) is 3. The lowest BCUT2D eigenvalue weighted by Gasteiger charge is -2.22. The molecule has 0 amide bonds. The molecule has 1 fully saturated rings. The summed E-state index contributed by atoms with van der Waals surface area (Å²) in [4.78, 5) is 16.7. The van der Waals surface area contributed by atoms with E-state index < -0.39 is 0 Å². The van der Waals surface area contributed by atoms with Crippen molar-refractivity contribution in [3.8, 4) is 0 Å². The predicted molar refractivity (Wildman–Crippen MR) is 79.5 cm³/mol. The predicted octanol–water partition coefficient (Wildman–Crippen LogP) is 2.79. The van der Waals surface area contributed by atoms with Gasteiger partial charge in [0.05, 0.1) is 5.02 Å². The molecule has 3 heterocycles. The highest BCUT2D eigenvalue weighted by molar-refractivity contribution is 6.35. The van der Waals surface area contributed by atoms with Gasteiger partial charge in [0.1, 0.15) is 5.65 Å². The Kier molecular flexibility index (Phi) is 3.52. The van der Waals surface area contributed by atoms with Crippen LogP contribution in [0.2, 0.25) is 5.02 Å². The Balaban J connectivity index is 2.20. The van der Waals surface area contributed by atoms with Gasteiger partial charge in [-0.1, -0.05) is 11.6 Å². The van der Waals surface area contributed by atoms with Crippen LogP contribution in [0.25, 0.3) is 11.0 Å². The topological polar surface area (TPSA) is 44.1 Å². The van der Waals surface area contributed by atoms with Crippen molar-refractivity contribution in [2.75, 3.05) is 13.2 Å². The van der Waals surface area contributed by atoms with E-state index in [1.807, 2.05) is 12.1 Å². The summed E-state index contributed by atoms with van der Waals surface area (Å²) in [7, 11) is 1.74. The number of ether oxygens (including phenoxy) is 1. The molecule has 2 aromatic heterocycles. The SMILES string of the molecule is Cc1cc2c(Cl)cc(C3CCOCC3)nc2n(C)c1=O. The molecular weight excluding hydrogens is 276 g/mol. The van der Waals surface area contributed by atoms with Crippen LogP contribution in [0.1, 0.15) is 30.0 Å². The third-order valence-corrected chi connectivity index (χ3v) is 4.28. The molecule has 0 aromatic carbocycles. The molecule has 0 saturated carbocycles. The largest absolute Gasteiger partial charge is 0.381 e. The van der Waals surface area contributed by atoms with Crippen LogP contribution < -0.4 is 5.56 Å². The summed E-state index contributed by atoms with van der Waals surface area (Å²) in [6, 6.07) is 3.75. The third-order valence-electron chi connectivity index (χ3n) is 3.97. The molecule has 0 unspecified atom stereocenters. The Bertz CT molecular complexity index is 718. The van der Waals surface area contributed by atoms with Gasteiger partial charge in [-0.05, 0) is 31.9 Å². The van der Waals surface area contributed by atoms with Crippen molar-refractivity contribution in [1.29, 1.82) is 0 Å². The molecule has 1 aliphatic rings. The van der Waals surface area contributed by atoms with Gasteiger partial charge in [-0.25, -0.2) is 4.98 Å². The normalized spacial score (nSPS) is 16.8. The van der Waals surface area contributed by atoms with Crippen molar-refractivity contribution in [2.24, 2.45) is 7.05 Å². The van der Waals surface area contributed by atoms with E-state index in [2.05, 4.69) is 4.98 Å². The Morgan fingerprint density at radius 3 is 2.75 bits per heavy atom. The lowest BCUT2D eigenvalue weighted by atomic mass is 9.95. The molecule has 1 aliphatic heterocycles. The van der Waals surface area contributed by atoms with Crippen molar-refractivity contribution < 1.29 is 4.74 Å². The van der Waals surface area contributed by atoms with Crippen molar-refractivity contribution >= 4 is 22.6 Å². The minimum absolute atomic E-state index is 0.0230. The van der Waals surface area contributed by atoms with Crippen molar-refractivity contribution in [1.82, 2.24) is 9.55 Å². The maximum atomic E-state index is 12.0. The van der Waals surface area contributed by atoms with E-state index in [1.54, 1.807) is 18.5 Å². The zero-order valence-corrected chi connectivity index (χ0v) is 12.4. The number of nitrogens with zero attached hydrogens (tertiary/aromatic N) is 2. The Labute approximate surface area is 122 Å². The number of fused-ring (bicyclic) bond motifs is 1. The van der Waals surface area contributed by atoms with Gasteiger partial charge in [0.25, 0.3) is 5.56 Å². The number of rotatable bonds is 1. The molecule has 0 N–H and O–H groups in total. The summed E-state index contributed by atoms with van der Waals surface area (Å²) in [5.41, 5.74) is 2.28. The first kappa shape index (κ1) is 13.6. The van der Waals surface area contributed by atoms with Gasteiger partial charge in [-0.2, -0.15) is 0 Å². The van der Waals surface area contributed by atoms with Crippen LogP contribution in [0.4, 0.5) is 0 Å². The molecule has 0 atom stereocenters. The van der Waals surface area contributed by atoms with Crippen LogP contribution in [0, 0.1) is 6.92 Å². The van der Waals surface area contributed by atoms with E-state index >= 15 is 0 Å². The summed E-state index contributed by atoms with van der Waals surface area (Å²) < 4.78 is 6.96. The summed E-state index contributed by atoms with van der Waals surface area (Å²) in [6.45, 7) is 3.31. The molecule has 1 saturated heterocycles. The van der Waals surface area contributed by atoms with Gasteiger partial charge in [0, 0.05) is 42.8 Å². The van der Waals surface area contributed by atoms with Crippen LogP contribution in [-0.2, 0) is 11.8 Å². The molecule has 4 nitrogen and oxygen atoms in total. The van der Waals surface area contributed by atoms with E-state index in [0.717, 1.165) is 37.1 Å². The minimum Gasteiger partial charge on any atom is -0.381 e. The summed E-state index contributed by atoms with van der Waals surface area (Å²) in [5, 5.41) is 1.50. The number of pyridine rings is 2. The van der Waals surface area contributed by atoms with E-state index in [-0.39, 0.29) is 5.56 Å². The van der Waals surface area contributed by atoms with Gasteiger partial charge in [0.2, 0.25) is 0 Å². The van der Waals surface area contributed by atoms with Gasteiger partial charge >= 0.3 is 0 Å². The van der Waals surface area contributed by atoms with Crippen LogP contribution in [-0.4, -0.2) is 22.8 Å². The highest BCUT2D eigenvalue weighted by Crippen LogP contribution is 2.30. The molecule has 0 radical (unpaired) electrons. The molecule has 5 heteroatoms. The van der Waals surface area contributed by atoms with Gasteiger partial charge in [-0.15, -0.1) is 0 Å². The summed E-state index contributed by atoms with van der Waals surface area (Å²) in [6.07, 6.45) is 1.91. The van der Waals surface area contributed by atoms with E-state index in [0.29, 0.717) is 22.2 Å². The van der Waals surface area contributed by atoms with Crippen LogP contribution in [0.5, 0.6) is 0 Å². The van der Waals surface area contributed by atoms with Crippen LogP contribution in [0.3, 0.4) is 0 Å². The van der Waals surface area contributed by atoms with Gasteiger partial charge in [0.15, 0.2) is 0 Å². The number of halogens is 1. The standard InChI is InChI=1S/C15H17ClN2O2/c1-9-7-11-12(16)8-13(10-3-5-20-6-4-10)17-14(11)18(2)15(9)19/h7-8,10H,3-6H2,1-2H3. The average Bonchev–Trinajstić information content (AvgIpc) is 2.47. The second-order valence-electron chi connectivity index (χ2n) is 5.34. The molecule has 0 spiro atoms. The summed E-state index contributed by atoms with van der Waals surface area (Å²) in [5.74, 6) is 0.363. The maximum absolute atomic E-state index is 12.0. The van der Waals surface area contributed by atoms with Crippen molar-refractivity contribution in [3.05, 3.63) is 38.8 Å². The zero-order valence-electron chi connectivity index (χ0n) is 11.6. The molecule has 2 aromatic rings. The maximum Gasteiger partial charge on any atom is 0.254 e. The van der Waals surface area contributed by atoms with Gasteiger partial charge in [-0.3, -0.25) is 9.36 Å². The first-order chi connectivity index (χ1) is 9.58. The Morgan fingerprint density at radius 2 is 2.05 bits per heavy atom.